The van der Waals surface area contributed by atoms with Crippen molar-refractivity contribution in [3.8, 4) is 0 Å². The van der Waals surface area contributed by atoms with E-state index in [1.807, 2.05) is 31.2 Å². The van der Waals surface area contributed by atoms with Gasteiger partial charge in [0.25, 0.3) is 0 Å². The third-order valence-corrected chi connectivity index (χ3v) is 5.81. The Kier molecular flexibility index (Phi) is 5.10. The summed E-state index contributed by atoms with van der Waals surface area (Å²) in [5.74, 6) is 0.820. The van der Waals surface area contributed by atoms with Gasteiger partial charge in [0, 0.05) is 18.5 Å². The summed E-state index contributed by atoms with van der Waals surface area (Å²) in [6.45, 7) is 2.59. The van der Waals surface area contributed by atoms with Crippen LogP contribution in [0.2, 0.25) is 0 Å². The topological polar surface area (TPSA) is 70.2 Å². The fourth-order valence-electron chi connectivity index (χ4n) is 3.26. The van der Waals surface area contributed by atoms with Crippen LogP contribution in [0.4, 0.5) is 4.79 Å². The quantitative estimate of drug-likeness (QED) is 0.773. The first kappa shape index (κ1) is 16.2. The molecule has 3 atom stereocenters. The molecule has 1 aliphatic heterocycles. The van der Waals surface area contributed by atoms with Crippen LogP contribution in [0.15, 0.2) is 24.3 Å². The number of amides is 3. The zero-order chi connectivity index (χ0) is 16.2. The zero-order valence-corrected chi connectivity index (χ0v) is 14.1. The molecule has 23 heavy (non-hydrogen) atoms. The van der Waals surface area contributed by atoms with Crippen LogP contribution >= 0.6 is 11.8 Å². The number of carbonyl (C=O) groups is 2. The standard InChI is InChI=1S/C17H23N3O2S/c1-11-5-7-12(8-6-11)9-18-15(21)10-23-16-13-3-2-4-14(13)19-17(22)20-16/h5-8,13-14,16H,2-4,9-10H2,1H3,(H,18,21)(H2,19,20,22). The molecule has 2 aliphatic rings. The molecule has 0 radical (unpaired) electrons. The van der Waals surface area contributed by atoms with E-state index in [0.29, 0.717) is 18.2 Å². The van der Waals surface area contributed by atoms with Gasteiger partial charge in [-0.15, -0.1) is 11.8 Å². The van der Waals surface area contributed by atoms with Crippen LogP contribution in [-0.4, -0.2) is 29.1 Å². The molecule has 5 nitrogen and oxygen atoms in total. The third-order valence-electron chi connectivity index (χ3n) is 4.55. The average Bonchev–Trinajstić information content (AvgIpc) is 3.00. The number of fused-ring (bicyclic) bond motifs is 1. The van der Waals surface area contributed by atoms with Crippen LogP contribution < -0.4 is 16.0 Å². The summed E-state index contributed by atoms with van der Waals surface area (Å²) < 4.78 is 0. The van der Waals surface area contributed by atoms with E-state index in [4.69, 9.17) is 0 Å². The van der Waals surface area contributed by atoms with Crippen molar-refractivity contribution in [3.63, 3.8) is 0 Å². The van der Waals surface area contributed by atoms with E-state index in [9.17, 15) is 9.59 Å². The molecule has 0 aromatic heterocycles. The Morgan fingerprint density at radius 3 is 2.83 bits per heavy atom. The summed E-state index contributed by atoms with van der Waals surface area (Å²) in [6, 6.07) is 8.31. The number of hydrogen-bond acceptors (Lipinski definition) is 3. The van der Waals surface area contributed by atoms with Gasteiger partial charge in [0.05, 0.1) is 11.1 Å². The van der Waals surface area contributed by atoms with E-state index in [0.717, 1.165) is 24.8 Å². The van der Waals surface area contributed by atoms with Crippen LogP contribution in [0.1, 0.15) is 30.4 Å². The number of urea groups is 1. The van der Waals surface area contributed by atoms with Gasteiger partial charge in [-0.25, -0.2) is 4.79 Å². The first-order valence-corrected chi connectivity index (χ1v) is 9.17. The molecule has 1 heterocycles. The summed E-state index contributed by atoms with van der Waals surface area (Å²) in [5, 5.41) is 8.92. The average molecular weight is 333 g/mol. The van der Waals surface area contributed by atoms with Crippen LogP contribution in [0.5, 0.6) is 0 Å². The minimum absolute atomic E-state index is 0.0119. The SMILES string of the molecule is Cc1ccc(CNC(=O)CSC2NC(=O)NC3CCCC32)cc1. The molecule has 124 valence electrons. The number of thioether (sulfide) groups is 1. The fraction of sp³-hybridized carbons (Fsp3) is 0.529. The number of benzene rings is 1. The summed E-state index contributed by atoms with van der Waals surface area (Å²) in [4.78, 5) is 23.7. The lowest BCUT2D eigenvalue weighted by Crippen LogP contribution is -2.57. The Labute approximate surface area is 141 Å². The molecule has 1 aromatic rings. The second-order valence-corrected chi connectivity index (χ2v) is 7.44. The molecule has 1 saturated carbocycles. The van der Waals surface area contributed by atoms with Gasteiger partial charge < -0.3 is 16.0 Å². The minimum Gasteiger partial charge on any atom is -0.351 e. The van der Waals surface area contributed by atoms with Crippen molar-refractivity contribution in [1.29, 1.82) is 0 Å². The Bertz CT molecular complexity index is 576. The molecule has 3 N–H and O–H groups in total. The van der Waals surface area contributed by atoms with Crippen molar-refractivity contribution in [3.05, 3.63) is 35.4 Å². The number of rotatable bonds is 5. The Hall–Kier alpha value is -1.69. The minimum atomic E-state index is -0.106. The second-order valence-electron chi connectivity index (χ2n) is 6.31. The number of nitrogens with one attached hydrogen (secondary N) is 3. The van der Waals surface area contributed by atoms with Crippen molar-refractivity contribution < 1.29 is 9.59 Å². The number of carbonyl (C=O) groups excluding carboxylic acids is 2. The Morgan fingerprint density at radius 1 is 1.26 bits per heavy atom. The molecule has 1 saturated heterocycles. The lowest BCUT2D eigenvalue weighted by molar-refractivity contribution is -0.118. The molecule has 3 amide bonds. The summed E-state index contributed by atoms with van der Waals surface area (Å²) in [5.41, 5.74) is 2.31. The molecule has 0 spiro atoms. The predicted octanol–water partition coefficient (Wildman–Crippen LogP) is 2.15. The third kappa shape index (κ3) is 4.19. The molecule has 3 rings (SSSR count). The van der Waals surface area contributed by atoms with E-state index in [1.165, 1.54) is 17.3 Å². The van der Waals surface area contributed by atoms with Gasteiger partial charge in [-0.2, -0.15) is 0 Å². The van der Waals surface area contributed by atoms with Crippen LogP contribution in [0, 0.1) is 12.8 Å². The molecular formula is C17H23N3O2S. The molecular weight excluding hydrogens is 310 g/mol. The number of hydrogen-bond donors (Lipinski definition) is 3. The second kappa shape index (κ2) is 7.25. The number of aryl methyl sites for hydroxylation is 1. The maximum absolute atomic E-state index is 12.0. The monoisotopic (exact) mass is 333 g/mol. The molecule has 0 bridgehead atoms. The zero-order valence-electron chi connectivity index (χ0n) is 13.3. The van der Waals surface area contributed by atoms with Crippen molar-refractivity contribution in [1.82, 2.24) is 16.0 Å². The summed E-state index contributed by atoms with van der Waals surface area (Å²) in [7, 11) is 0. The fourth-order valence-corrected chi connectivity index (χ4v) is 4.46. The highest BCUT2D eigenvalue weighted by atomic mass is 32.2. The summed E-state index contributed by atoms with van der Waals surface area (Å²) >= 11 is 1.54. The lowest BCUT2D eigenvalue weighted by atomic mass is 10.0. The van der Waals surface area contributed by atoms with Crippen LogP contribution in [-0.2, 0) is 11.3 Å². The first-order chi connectivity index (χ1) is 11.1. The molecule has 1 aromatic carbocycles. The van der Waals surface area contributed by atoms with Gasteiger partial charge in [0.15, 0.2) is 0 Å². The van der Waals surface area contributed by atoms with Crippen molar-refractivity contribution >= 4 is 23.7 Å². The van der Waals surface area contributed by atoms with Gasteiger partial charge in [0.1, 0.15) is 0 Å². The van der Waals surface area contributed by atoms with Crippen molar-refractivity contribution in [2.45, 2.75) is 44.1 Å². The van der Waals surface area contributed by atoms with Gasteiger partial charge in [-0.3, -0.25) is 4.79 Å². The molecule has 3 unspecified atom stereocenters. The van der Waals surface area contributed by atoms with Gasteiger partial charge in [-0.05, 0) is 25.3 Å². The van der Waals surface area contributed by atoms with Gasteiger partial charge in [0.2, 0.25) is 5.91 Å². The summed E-state index contributed by atoms with van der Waals surface area (Å²) in [6.07, 6.45) is 3.31. The van der Waals surface area contributed by atoms with E-state index in [2.05, 4.69) is 16.0 Å². The van der Waals surface area contributed by atoms with Crippen LogP contribution in [0.3, 0.4) is 0 Å². The predicted molar refractivity (Wildman–Crippen MR) is 92.1 cm³/mol. The first-order valence-electron chi connectivity index (χ1n) is 8.13. The highest BCUT2D eigenvalue weighted by Crippen LogP contribution is 2.35. The maximum atomic E-state index is 12.0. The van der Waals surface area contributed by atoms with E-state index in [-0.39, 0.29) is 23.4 Å². The Morgan fingerprint density at radius 2 is 2.04 bits per heavy atom. The van der Waals surface area contributed by atoms with Gasteiger partial charge in [-0.1, -0.05) is 36.2 Å². The van der Waals surface area contributed by atoms with E-state index in [1.54, 1.807) is 0 Å². The van der Waals surface area contributed by atoms with E-state index >= 15 is 0 Å². The largest absolute Gasteiger partial charge is 0.351 e. The molecule has 1 aliphatic carbocycles. The normalized spacial score (nSPS) is 26.1. The lowest BCUT2D eigenvalue weighted by Gasteiger charge is -2.34. The molecule has 2 fully saturated rings. The highest BCUT2D eigenvalue weighted by molar-refractivity contribution is 8.00. The maximum Gasteiger partial charge on any atom is 0.315 e. The van der Waals surface area contributed by atoms with Crippen molar-refractivity contribution in [2.24, 2.45) is 5.92 Å². The smallest absolute Gasteiger partial charge is 0.315 e. The molecule has 6 heteroatoms. The Balaban J connectivity index is 1.45. The highest BCUT2D eigenvalue weighted by Gasteiger charge is 2.39. The van der Waals surface area contributed by atoms with Crippen molar-refractivity contribution in [2.75, 3.05) is 5.75 Å². The van der Waals surface area contributed by atoms with Crippen LogP contribution in [0.25, 0.3) is 0 Å². The van der Waals surface area contributed by atoms with Gasteiger partial charge >= 0.3 is 6.03 Å². The van der Waals surface area contributed by atoms with E-state index < -0.39 is 0 Å².